The molecule has 0 aliphatic rings. The Labute approximate surface area is 152 Å². The van der Waals surface area contributed by atoms with Crippen molar-refractivity contribution >= 4 is 21.9 Å². The van der Waals surface area contributed by atoms with Gasteiger partial charge in [0.2, 0.25) is 0 Å². The van der Waals surface area contributed by atoms with Crippen molar-refractivity contribution in [3.63, 3.8) is 0 Å². The Hall–Kier alpha value is -3.32. The molecule has 0 bridgehead atoms. The molecule has 0 spiro atoms. The van der Waals surface area contributed by atoms with Gasteiger partial charge in [-0.25, -0.2) is 0 Å². The molecule has 0 radical (unpaired) electrons. The van der Waals surface area contributed by atoms with E-state index in [1.54, 1.807) is 0 Å². The first-order valence-electron chi connectivity index (χ1n) is 8.88. The van der Waals surface area contributed by atoms with Crippen LogP contribution >= 0.6 is 0 Å². The second-order valence-electron chi connectivity index (χ2n) is 6.67. The third kappa shape index (κ3) is 2.33. The van der Waals surface area contributed by atoms with Gasteiger partial charge in [0.15, 0.2) is 0 Å². The molecule has 0 atom stereocenters. The quantitative estimate of drug-likeness (QED) is 0.332. The number of furan rings is 1. The maximum absolute atomic E-state index is 6.02. The molecule has 0 N–H and O–H groups in total. The lowest BCUT2D eigenvalue weighted by molar-refractivity contribution is 0.669. The van der Waals surface area contributed by atoms with Crippen LogP contribution < -0.4 is 0 Å². The van der Waals surface area contributed by atoms with Crippen LogP contribution in [0.25, 0.3) is 44.2 Å². The predicted molar refractivity (Wildman–Crippen MR) is 109 cm³/mol. The van der Waals surface area contributed by atoms with E-state index in [2.05, 4.69) is 79.7 Å². The maximum atomic E-state index is 6.02. The largest absolute Gasteiger partial charge is 0.456 e. The van der Waals surface area contributed by atoms with Crippen molar-refractivity contribution in [1.29, 1.82) is 0 Å². The third-order valence-corrected chi connectivity index (χ3v) is 5.05. The highest BCUT2D eigenvalue weighted by Gasteiger charge is 2.12. The van der Waals surface area contributed by atoms with E-state index in [1.165, 1.54) is 38.6 Å². The lowest BCUT2D eigenvalue weighted by Gasteiger charge is -2.08. The minimum atomic E-state index is 0.937. The van der Waals surface area contributed by atoms with Crippen LogP contribution in [0.1, 0.15) is 5.56 Å². The van der Waals surface area contributed by atoms with Gasteiger partial charge in [-0.3, -0.25) is 0 Å². The summed E-state index contributed by atoms with van der Waals surface area (Å²) in [6.45, 7) is 2.15. The Morgan fingerprint density at radius 2 is 1.15 bits per heavy atom. The molecule has 0 aliphatic carbocycles. The Morgan fingerprint density at radius 1 is 0.538 bits per heavy atom. The number of hydrogen-bond acceptors (Lipinski definition) is 1. The summed E-state index contributed by atoms with van der Waals surface area (Å²) in [5.41, 5.74) is 8.12. The molecule has 26 heavy (non-hydrogen) atoms. The molecule has 0 aliphatic heterocycles. The second-order valence-corrected chi connectivity index (χ2v) is 6.67. The van der Waals surface area contributed by atoms with E-state index in [4.69, 9.17) is 4.42 Å². The van der Waals surface area contributed by atoms with Gasteiger partial charge in [0, 0.05) is 10.8 Å². The SMILES string of the molecule is Cc1ccccc1-c1ccc(-c2cccc3oc4ccccc4c23)cc1. The van der Waals surface area contributed by atoms with E-state index >= 15 is 0 Å². The average molecular weight is 334 g/mol. The van der Waals surface area contributed by atoms with Crippen LogP contribution in [0.4, 0.5) is 0 Å². The first-order chi connectivity index (χ1) is 12.8. The third-order valence-electron chi connectivity index (χ3n) is 5.05. The summed E-state index contributed by atoms with van der Waals surface area (Å²) in [6.07, 6.45) is 0. The first kappa shape index (κ1) is 15.0. The highest BCUT2D eigenvalue weighted by atomic mass is 16.3. The zero-order valence-electron chi connectivity index (χ0n) is 14.6. The molecule has 1 nitrogen and oxygen atoms in total. The van der Waals surface area contributed by atoms with Gasteiger partial charge in [0.1, 0.15) is 11.2 Å². The predicted octanol–water partition coefficient (Wildman–Crippen LogP) is 7.23. The van der Waals surface area contributed by atoms with E-state index in [0.717, 1.165) is 11.2 Å². The van der Waals surface area contributed by atoms with Crippen molar-refractivity contribution in [2.24, 2.45) is 0 Å². The van der Waals surface area contributed by atoms with Gasteiger partial charge >= 0.3 is 0 Å². The van der Waals surface area contributed by atoms with Crippen molar-refractivity contribution in [3.8, 4) is 22.3 Å². The highest BCUT2D eigenvalue weighted by Crippen LogP contribution is 2.37. The summed E-state index contributed by atoms with van der Waals surface area (Å²) in [7, 11) is 0. The van der Waals surface area contributed by atoms with Crippen molar-refractivity contribution in [2.45, 2.75) is 6.92 Å². The van der Waals surface area contributed by atoms with Gasteiger partial charge in [0.25, 0.3) is 0 Å². The maximum Gasteiger partial charge on any atom is 0.136 e. The zero-order chi connectivity index (χ0) is 17.5. The Kier molecular flexibility index (Phi) is 3.39. The molecule has 5 rings (SSSR count). The smallest absolute Gasteiger partial charge is 0.136 e. The summed E-state index contributed by atoms with van der Waals surface area (Å²) >= 11 is 0. The fraction of sp³-hybridized carbons (Fsp3) is 0.0400. The molecule has 1 heteroatoms. The van der Waals surface area contributed by atoms with Gasteiger partial charge in [-0.15, -0.1) is 0 Å². The monoisotopic (exact) mass is 334 g/mol. The van der Waals surface area contributed by atoms with Gasteiger partial charge in [-0.05, 0) is 46.9 Å². The van der Waals surface area contributed by atoms with E-state index in [1.807, 2.05) is 18.2 Å². The van der Waals surface area contributed by atoms with Crippen molar-refractivity contribution in [3.05, 3.63) is 96.6 Å². The van der Waals surface area contributed by atoms with Crippen LogP contribution in [0.3, 0.4) is 0 Å². The molecule has 1 aromatic heterocycles. The molecule has 124 valence electrons. The van der Waals surface area contributed by atoms with Crippen LogP contribution in [0.15, 0.2) is 95.4 Å². The highest BCUT2D eigenvalue weighted by molar-refractivity contribution is 6.12. The van der Waals surface area contributed by atoms with E-state index in [0.29, 0.717) is 0 Å². The summed E-state index contributed by atoms with van der Waals surface area (Å²) in [6, 6.07) is 31.9. The molecule has 0 saturated carbocycles. The number of hydrogen-bond donors (Lipinski definition) is 0. The van der Waals surface area contributed by atoms with Gasteiger partial charge in [-0.1, -0.05) is 78.9 Å². The van der Waals surface area contributed by atoms with Crippen LogP contribution in [0.2, 0.25) is 0 Å². The van der Waals surface area contributed by atoms with Crippen molar-refractivity contribution in [2.75, 3.05) is 0 Å². The summed E-state index contributed by atoms with van der Waals surface area (Å²) in [5.74, 6) is 0. The molecule has 4 aromatic carbocycles. The average Bonchev–Trinajstić information content (AvgIpc) is 3.07. The number of para-hydroxylation sites is 1. The number of aryl methyl sites for hydroxylation is 1. The standard InChI is InChI=1S/C25H18O/c1-17-7-2-3-8-20(17)18-13-15-19(16-14-18)21-10-6-12-24-25(21)22-9-4-5-11-23(22)26-24/h2-16H,1H3. The van der Waals surface area contributed by atoms with Crippen molar-refractivity contribution in [1.82, 2.24) is 0 Å². The molecule has 1 heterocycles. The molecular formula is C25H18O. The van der Waals surface area contributed by atoms with Crippen molar-refractivity contribution < 1.29 is 4.42 Å². The van der Waals surface area contributed by atoms with Crippen LogP contribution in [0, 0.1) is 6.92 Å². The first-order valence-corrected chi connectivity index (χ1v) is 8.88. The lowest BCUT2D eigenvalue weighted by Crippen LogP contribution is -1.84. The topological polar surface area (TPSA) is 13.1 Å². The fourth-order valence-corrected chi connectivity index (χ4v) is 3.74. The molecular weight excluding hydrogens is 316 g/mol. The van der Waals surface area contributed by atoms with Crippen LogP contribution in [0.5, 0.6) is 0 Å². The van der Waals surface area contributed by atoms with E-state index in [9.17, 15) is 0 Å². The van der Waals surface area contributed by atoms with E-state index < -0.39 is 0 Å². The number of benzene rings is 4. The molecule has 0 unspecified atom stereocenters. The number of fused-ring (bicyclic) bond motifs is 3. The number of rotatable bonds is 2. The molecule has 0 fully saturated rings. The fourth-order valence-electron chi connectivity index (χ4n) is 3.74. The minimum absolute atomic E-state index is 0.937. The van der Waals surface area contributed by atoms with Gasteiger partial charge in [-0.2, -0.15) is 0 Å². The van der Waals surface area contributed by atoms with Crippen LogP contribution in [-0.4, -0.2) is 0 Å². The summed E-state index contributed by atoms with van der Waals surface area (Å²) in [5, 5.41) is 2.35. The summed E-state index contributed by atoms with van der Waals surface area (Å²) < 4.78 is 6.02. The lowest BCUT2D eigenvalue weighted by atomic mass is 9.95. The normalized spacial score (nSPS) is 11.3. The van der Waals surface area contributed by atoms with E-state index in [-0.39, 0.29) is 0 Å². The van der Waals surface area contributed by atoms with Gasteiger partial charge in [0.05, 0.1) is 0 Å². The Balaban J connectivity index is 1.68. The Morgan fingerprint density at radius 3 is 1.96 bits per heavy atom. The van der Waals surface area contributed by atoms with Gasteiger partial charge < -0.3 is 4.42 Å². The molecule has 0 saturated heterocycles. The zero-order valence-corrected chi connectivity index (χ0v) is 14.6. The molecule has 5 aromatic rings. The summed E-state index contributed by atoms with van der Waals surface area (Å²) in [4.78, 5) is 0. The Bertz CT molecular complexity index is 1230. The molecule has 0 amide bonds. The minimum Gasteiger partial charge on any atom is -0.456 e. The second kappa shape index (κ2) is 5.89. The van der Waals surface area contributed by atoms with Crippen LogP contribution in [-0.2, 0) is 0 Å².